The third-order valence-corrected chi connectivity index (χ3v) is 7.60. The number of hydrogen-bond donors (Lipinski definition) is 0. The van der Waals surface area contributed by atoms with Crippen LogP contribution in [0.15, 0.2) is 0 Å². The molecule has 0 saturated carbocycles. The van der Waals surface area contributed by atoms with Crippen LogP contribution in [-0.2, 0) is 14.9 Å². The number of carbonyl (C=O) groups is 1. The first-order chi connectivity index (χ1) is 16.4. The fraction of sp³-hybridized carbons (Fsp3) is 0.964. The molecule has 0 unspecified atom stereocenters. The summed E-state index contributed by atoms with van der Waals surface area (Å²) < 4.78 is 31.8. The summed E-state index contributed by atoms with van der Waals surface area (Å²) in [5, 5.41) is 0. The van der Waals surface area contributed by atoms with Crippen LogP contribution in [-0.4, -0.2) is 43.1 Å². The molecule has 5 nitrogen and oxygen atoms in total. The minimum atomic E-state index is -4.18. The topological polar surface area (TPSA) is 77.5 Å². The predicted molar refractivity (Wildman–Crippen MR) is 144 cm³/mol. The van der Waals surface area contributed by atoms with Gasteiger partial charge in [0.2, 0.25) is 5.91 Å². The van der Waals surface area contributed by atoms with Crippen LogP contribution < -0.4 is 51.4 Å². The number of rotatable bonds is 26. The van der Waals surface area contributed by atoms with Crippen LogP contribution in [0.25, 0.3) is 0 Å². The first-order valence-electron chi connectivity index (χ1n) is 14.5. The van der Waals surface area contributed by atoms with Crippen molar-refractivity contribution in [3.8, 4) is 0 Å². The Bertz CT molecular complexity index is 557. The van der Waals surface area contributed by atoms with Crippen LogP contribution in [0.3, 0.4) is 0 Å². The van der Waals surface area contributed by atoms with E-state index in [9.17, 15) is 17.8 Å². The fourth-order valence-corrected chi connectivity index (χ4v) is 4.98. The predicted octanol–water partition coefficient (Wildman–Crippen LogP) is 4.99. The average molecular weight is 542 g/mol. The van der Waals surface area contributed by atoms with Gasteiger partial charge in [0.15, 0.2) is 0 Å². The molecule has 0 bridgehead atoms. The number of hydrogen-bond acceptors (Lipinski definition) is 4. The van der Waals surface area contributed by atoms with E-state index in [2.05, 4.69) is 6.92 Å². The Morgan fingerprint density at radius 2 is 0.914 bits per heavy atom. The van der Waals surface area contributed by atoms with Gasteiger partial charge in [0.05, 0.1) is 10.1 Å². The van der Waals surface area contributed by atoms with Crippen molar-refractivity contribution in [1.29, 1.82) is 0 Å². The number of unbranched alkanes of at least 4 members (excludes halogenated alkanes) is 20. The van der Waals surface area contributed by atoms with Crippen molar-refractivity contribution in [3.05, 3.63) is 0 Å². The molecule has 0 radical (unpaired) electrons. The van der Waals surface area contributed by atoms with Crippen LogP contribution >= 0.6 is 0 Å². The second kappa shape index (κ2) is 28.0. The van der Waals surface area contributed by atoms with Gasteiger partial charge < -0.3 is 9.45 Å². The molecule has 0 aromatic heterocycles. The van der Waals surface area contributed by atoms with Crippen molar-refractivity contribution in [3.63, 3.8) is 0 Å². The summed E-state index contributed by atoms with van der Waals surface area (Å²) in [6.45, 7) is 2.61. The van der Waals surface area contributed by atoms with Crippen LogP contribution in [0.4, 0.5) is 0 Å². The Kier molecular flexibility index (Phi) is 30.6. The molecule has 0 aliphatic rings. The summed E-state index contributed by atoms with van der Waals surface area (Å²) in [7, 11) is -2.50. The molecule has 0 rings (SSSR count). The molecule has 0 aliphatic carbocycles. The molecule has 0 atom stereocenters. The van der Waals surface area contributed by atoms with E-state index < -0.39 is 15.9 Å². The molecule has 0 spiro atoms. The molecule has 7 heteroatoms. The van der Waals surface area contributed by atoms with Gasteiger partial charge in [0, 0.05) is 25.8 Å². The molecular weight excluding hydrogens is 485 g/mol. The summed E-state index contributed by atoms with van der Waals surface area (Å²) in [5.41, 5.74) is 0. The quantitative estimate of drug-likeness (QED) is 0.0878. The number of nitrogens with zero attached hydrogens (tertiary/aromatic N) is 1. The third-order valence-electron chi connectivity index (χ3n) is 6.81. The van der Waals surface area contributed by atoms with Crippen molar-refractivity contribution >= 4 is 16.0 Å². The first-order valence-corrected chi connectivity index (χ1v) is 16.1. The van der Waals surface area contributed by atoms with E-state index in [0.29, 0.717) is 13.0 Å². The molecular formula is C28H56KNO4S. The molecule has 0 fully saturated rings. The van der Waals surface area contributed by atoms with Gasteiger partial charge in [-0.2, -0.15) is 0 Å². The van der Waals surface area contributed by atoms with Crippen LogP contribution in [0.2, 0.25) is 0 Å². The minimum absolute atomic E-state index is 0. The Morgan fingerprint density at radius 3 is 1.23 bits per heavy atom. The maximum Gasteiger partial charge on any atom is 1.00 e. The zero-order chi connectivity index (χ0) is 25.3. The first kappa shape index (κ1) is 38.2. The van der Waals surface area contributed by atoms with Crippen molar-refractivity contribution < 1.29 is 69.1 Å². The van der Waals surface area contributed by atoms with Crippen LogP contribution in [0, 0.1) is 0 Å². The Labute approximate surface area is 261 Å². The zero-order valence-corrected chi connectivity index (χ0v) is 27.6. The van der Waals surface area contributed by atoms with Crippen LogP contribution in [0.5, 0.6) is 0 Å². The molecule has 204 valence electrons. The van der Waals surface area contributed by atoms with E-state index in [0.717, 1.165) is 12.8 Å². The van der Waals surface area contributed by atoms with Gasteiger partial charge in [-0.15, -0.1) is 0 Å². The van der Waals surface area contributed by atoms with Crippen LogP contribution in [0.1, 0.15) is 155 Å². The standard InChI is InChI=1S/C28H57NO4S.K/c1-3-4-5-6-7-8-9-10-11-12-13-14-15-16-17-18-19-20-21-22-23-25-28(30)29(2)26-24-27-34(31,32)33;/h3-27H2,1-2H3,(H,31,32,33);/q;+1/p-1. The maximum atomic E-state index is 12.0. The molecule has 0 saturated heterocycles. The molecule has 1 amide bonds. The smallest absolute Gasteiger partial charge is 0.748 e. The van der Waals surface area contributed by atoms with Gasteiger partial charge in [-0.3, -0.25) is 4.79 Å². The van der Waals surface area contributed by atoms with Crippen molar-refractivity contribution in [2.45, 2.75) is 155 Å². The molecule has 35 heavy (non-hydrogen) atoms. The SMILES string of the molecule is CCCCCCCCCCCCCCCCCCCCCCCC(=O)N(C)CCCS(=O)(=O)[O-].[K+]. The Balaban J connectivity index is 0. The minimum Gasteiger partial charge on any atom is -0.748 e. The molecule has 0 N–H and O–H groups in total. The number of amides is 1. The van der Waals surface area contributed by atoms with Crippen molar-refractivity contribution in [2.24, 2.45) is 0 Å². The Hall–Kier alpha value is 1.02. The van der Waals surface area contributed by atoms with Crippen molar-refractivity contribution in [1.82, 2.24) is 4.90 Å². The summed E-state index contributed by atoms with van der Waals surface area (Å²) >= 11 is 0. The molecule has 0 aliphatic heterocycles. The van der Waals surface area contributed by atoms with E-state index in [1.165, 1.54) is 122 Å². The molecule has 0 aromatic carbocycles. The second-order valence-electron chi connectivity index (χ2n) is 10.3. The largest absolute Gasteiger partial charge is 1.00 e. The zero-order valence-electron chi connectivity index (χ0n) is 23.7. The van der Waals surface area contributed by atoms with E-state index in [1.54, 1.807) is 11.9 Å². The van der Waals surface area contributed by atoms with E-state index in [4.69, 9.17) is 0 Å². The molecule has 0 heterocycles. The normalized spacial score (nSPS) is 11.4. The Morgan fingerprint density at radius 1 is 0.600 bits per heavy atom. The summed E-state index contributed by atoms with van der Waals surface area (Å²) in [5.74, 6) is -0.356. The number of carbonyl (C=O) groups excluding carboxylic acids is 1. The van der Waals surface area contributed by atoms with E-state index in [1.807, 2.05) is 0 Å². The van der Waals surface area contributed by atoms with Gasteiger partial charge >= 0.3 is 51.4 Å². The summed E-state index contributed by atoms with van der Waals surface area (Å²) in [4.78, 5) is 13.5. The van der Waals surface area contributed by atoms with Gasteiger partial charge in [-0.05, 0) is 12.8 Å². The van der Waals surface area contributed by atoms with E-state index in [-0.39, 0.29) is 63.7 Å². The monoisotopic (exact) mass is 541 g/mol. The second-order valence-corrected chi connectivity index (χ2v) is 11.8. The van der Waals surface area contributed by atoms with Gasteiger partial charge in [-0.25, -0.2) is 8.42 Å². The molecule has 0 aromatic rings. The maximum absolute atomic E-state index is 12.0. The summed E-state index contributed by atoms with van der Waals surface area (Å²) in [6, 6.07) is 0. The fourth-order valence-electron chi connectivity index (χ4n) is 4.50. The average Bonchev–Trinajstić information content (AvgIpc) is 2.79. The third kappa shape index (κ3) is 31.1. The van der Waals surface area contributed by atoms with Gasteiger partial charge in [0.25, 0.3) is 0 Å². The van der Waals surface area contributed by atoms with E-state index >= 15 is 0 Å². The van der Waals surface area contributed by atoms with Gasteiger partial charge in [-0.1, -0.05) is 135 Å². The summed E-state index contributed by atoms with van der Waals surface area (Å²) in [6.07, 6.45) is 29.0. The van der Waals surface area contributed by atoms with Crippen molar-refractivity contribution in [2.75, 3.05) is 19.3 Å². The van der Waals surface area contributed by atoms with Gasteiger partial charge in [0.1, 0.15) is 0 Å².